The molecule has 1 atom stereocenters. The highest BCUT2D eigenvalue weighted by Gasteiger charge is 2.11. The lowest BCUT2D eigenvalue weighted by molar-refractivity contribution is -0.138. The Kier molecular flexibility index (Phi) is 7.23. The second-order valence-corrected chi connectivity index (χ2v) is 1.95. The minimum Gasteiger partial charge on any atom is -0.480 e. The molecule has 66 valence electrons. The zero-order chi connectivity index (χ0) is 8.15. The molecule has 0 saturated heterocycles. The molecule has 0 unspecified atom stereocenters. The lowest BCUT2D eigenvalue weighted by Gasteiger charge is -2.01. The Hall–Kier alpha value is -0.620. The molecule has 0 fully saturated rings. The SMILES string of the molecule is Br.NC(=O)CC[C@H](N)C(=O)O. The number of carboxylic acid groups (broad SMARTS) is 1. The third kappa shape index (κ3) is 7.27. The van der Waals surface area contributed by atoms with E-state index in [1.807, 2.05) is 0 Å². The lowest BCUT2D eigenvalue weighted by Crippen LogP contribution is -2.31. The van der Waals surface area contributed by atoms with Crippen molar-refractivity contribution in [1.82, 2.24) is 0 Å². The van der Waals surface area contributed by atoms with Gasteiger partial charge in [-0.05, 0) is 6.42 Å². The van der Waals surface area contributed by atoms with Gasteiger partial charge in [-0.2, -0.15) is 0 Å². The fraction of sp³-hybridized carbons (Fsp3) is 0.600. The van der Waals surface area contributed by atoms with Crippen molar-refractivity contribution in [1.29, 1.82) is 0 Å². The highest BCUT2D eigenvalue weighted by Crippen LogP contribution is 1.92. The van der Waals surface area contributed by atoms with Gasteiger partial charge in [0.25, 0.3) is 0 Å². The average molecular weight is 227 g/mol. The van der Waals surface area contributed by atoms with Gasteiger partial charge in [0.05, 0.1) is 0 Å². The van der Waals surface area contributed by atoms with Crippen molar-refractivity contribution in [2.24, 2.45) is 11.5 Å². The standard InChI is InChI=1S/C5H10N2O3.BrH/c6-3(5(9)10)1-2-4(7)8;/h3H,1-2,6H2,(H2,7,8)(H,9,10);1H/t3-;/m0./s1. The molecule has 0 aliphatic carbocycles. The molecule has 0 bridgehead atoms. The molecular formula is C5H11BrN2O3. The molecule has 5 N–H and O–H groups in total. The van der Waals surface area contributed by atoms with Crippen LogP contribution < -0.4 is 11.5 Å². The highest BCUT2D eigenvalue weighted by atomic mass is 79.9. The Labute approximate surface area is 74.5 Å². The smallest absolute Gasteiger partial charge is 0.320 e. The van der Waals surface area contributed by atoms with E-state index in [9.17, 15) is 9.59 Å². The monoisotopic (exact) mass is 226 g/mol. The number of hydrogen-bond donors (Lipinski definition) is 3. The molecule has 0 radical (unpaired) electrons. The molecule has 0 saturated carbocycles. The van der Waals surface area contributed by atoms with Crippen molar-refractivity contribution in [3.05, 3.63) is 0 Å². The summed E-state index contributed by atoms with van der Waals surface area (Å²) >= 11 is 0. The van der Waals surface area contributed by atoms with Crippen LogP contribution >= 0.6 is 17.0 Å². The maximum atomic E-state index is 10.1. The van der Waals surface area contributed by atoms with E-state index in [0.717, 1.165) is 0 Å². The summed E-state index contributed by atoms with van der Waals surface area (Å²) in [6.45, 7) is 0. The molecule has 0 aromatic heterocycles. The van der Waals surface area contributed by atoms with E-state index in [1.54, 1.807) is 0 Å². The third-order valence-corrected chi connectivity index (χ3v) is 1.02. The number of primary amides is 1. The molecular weight excluding hydrogens is 216 g/mol. The first-order valence-corrected chi connectivity index (χ1v) is 2.80. The summed E-state index contributed by atoms with van der Waals surface area (Å²) in [5.74, 6) is -1.64. The largest absolute Gasteiger partial charge is 0.480 e. The first kappa shape index (κ1) is 13.0. The van der Waals surface area contributed by atoms with E-state index in [2.05, 4.69) is 0 Å². The van der Waals surface area contributed by atoms with Gasteiger partial charge in [-0.25, -0.2) is 0 Å². The van der Waals surface area contributed by atoms with Crippen LogP contribution in [0.1, 0.15) is 12.8 Å². The van der Waals surface area contributed by atoms with Gasteiger partial charge in [-0.1, -0.05) is 0 Å². The number of hydrogen-bond acceptors (Lipinski definition) is 3. The van der Waals surface area contributed by atoms with Crippen LogP contribution in [0.5, 0.6) is 0 Å². The van der Waals surface area contributed by atoms with Crippen LogP contribution in [0.25, 0.3) is 0 Å². The molecule has 0 rings (SSSR count). The van der Waals surface area contributed by atoms with Crippen LogP contribution in [0, 0.1) is 0 Å². The van der Waals surface area contributed by atoms with E-state index in [-0.39, 0.29) is 29.8 Å². The summed E-state index contributed by atoms with van der Waals surface area (Å²) in [5.41, 5.74) is 9.81. The third-order valence-electron chi connectivity index (χ3n) is 1.02. The summed E-state index contributed by atoms with van der Waals surface area (Å²) in [7, 11) is 0. The van der Waals surface area contributed by atoms with E-state index in [1.165, 1.54) is 0 Å². The van der Waals surface area contributed by atoms with Gasteiger partial charge in [-0.3, -0.25) is 9.59 Å². The molecule has 0 heterocycles. The van der Waals surface area contributed by atoms with Crippen molar-refractivity contribution in [3.8, 4) is 0 Å². The van der Waals surface area contributed by atoms with Gasteiger partial charge >= 0.3 is 5.97 Å². The van der Waals surface area contributed by atoms with E-state index >= 15 is 0 Å². The van der Waals surface area contributed by atoms with Crippen molar-refractivity contribution in [2.75, 3.05) is 0 Å². The number of aliphatic carboxylic acids is 1. The number of carbonyl (C=O) groups is 2. The maximum Gasteiger partial charge on any atom is 0.320 e. The van der Waals surface area contributed by atoms with Gasteiger partial charge in [0, 0.05) is 6.42 Å². The summed E-state index contributed by atoms with van der Waals surface area (Å²) < 4.78 is 0. The Morgan fingerprint density at radius 2 is 1.91 bits per heavy atom. The zero-order valence-corrected chi connectivity index (χ0v) is 7.53. The molecule has 0 aliphatic heterocycles. The Morgan fingerprint density at radius 3 is 2.18 bits per heavy atom. The van der Waals surface area contributed by atoms with Crippen LogP contribution in [0.2, 0.25) is 0 Å². The number of nitrogens with two attached hydrogens (primary N) is 2. The van der Waals surface area contributed by atoms with Crippen LogP contribution in [0.3, 0.4) is 0 Å². The lowest BCUT2D eigenvalue weighted by atomic mass is 10.2. The van der Waals surface area contributed by atoms with E-state index < -0.39 is 17.9 Å². The number of rotatable bonds is 4. The van der Waals surface area contributed by atoms with Crippen molar-refractivity contribution in [3.63, 3.8) is 0 Å². The minimum absolute atomic E-state index is 0. The second-order valence-electron chi connectivity index (χ2n) is 1.95. The average Bonchev–Trinajstić information content (AvgIpc) is 1.82. The zero-order valence-electron chi connectivity index (χ0n) is 5.82. The fourth-order valence-corrected chi connectivity index (χ4v) is 0.421. The van der Waals surface area contributed by atoms with Gasteiger partial charge in [-0.15, -0.1) is 17.0 Å². The van der Waals surface area contributed by atoms with Gasteiger partial charge in [0.15, 0.2) is 0 Å². The number of halogens is 1. The molecule has 6 heteroatoms. The summed E-state index contributed by atoms with van der Waals surface area (Å²) in [4.78, 5) is 20.1. The van der Waals surface area contributed by atoms with E-state index in [4.69, 9.17) is 16.6 Å². The fourth-order valence-electron chi connectivity index (χ4n) is 0.421. The van der Waals surface area contributed by atoms with Crippen molar-refractivity contribution in [2.45, 2.75) is 18.9 Å². The molecule has 11 heavy (non-hydrogen) atoms. The van der Waals surface area contributed by atoms with E-state index in [0.29, 0.717) is 0 Å². The second kappa shape index (κ2) is 6.11. The first-order valence-electron chi connectivity index (χ1n) is 2.80. The van der Waals surface area contributed by atoms with Crippen LogP contribution in [-0.2, 0) is 9.59 Å². The summed E-state index contributed by atoms with van der Waals surface area (Å²) in [5, 5.41) is 8.22. The Bertz CT molecular complexity index is 151. The predicted octanol–water partition coefficient (Wildman–Crippen LogP) is -0.758. The topological polar surface area (TPSA) is 106 Å². The maximum absolute atomic E-state index is 10.1. The Balaban J connectivity index is 0. The molecule has 0 aliphatic rings. The van der Waals surface area contributed by atoms with Gasteiger partial charge in [0.2, 0.25) is 5.91 Å². The van der Waals surface area contributed by atoms with Crippen LogP contribution in [0.15, 0.2) is 0 Å². The highest BCUT2D eigenvalue weighted by molar-refractivity contribution is 8.93. The minimum atomic E-state index is -1.11. The molecule has 0 spiro atoms. The number of carbonyl (C=O) groups excluding carboxylic acids is 1. The number of carboxylic acids is 1. The first-order chi connectivity index (χ1) is 4.54. The van der Waals surface area contributed by atoms with Crippen molar-refractivity contribution < 1.29 is 14.7 Å². The molecule has 0 aromatic carbocycles. The molecule has 0 aromatic rings. The van der Waals surface area contributed by atoms with Gasteiger partial charge in [0.1, 0.15) is 6.04 Å². The normalized spacial score (nSPS) is 11.4. The summed E-state index contributed by atoms with van der Waals surface area (Å²) in [6.07, 6.45) is 0.123. The van der Waals surface area contributed by atoms with Gasteiger partial charge < -0.3 is 16.6 Å². The van der Waals surface area contributed by atoms with Crippen LogP contribution in [0.4, 0.5) is 0 Å². The Morgan fingerprint density at radius 1 is 1.45 bits per heavy atom. The quantitative estimate of drug-likeness (QED) is 0.586. The molecule has 5 nitrogen and oxygen atoms in total. The van der Waals surface area contributed by atoms with Crippen molar-refractivity contribution >= 4 is 28.9 Å². The van der Waals surface area contributed by atoms with Crippen LogP contribution in [-0.4, -0.2) is 23.0 Å². The number of amides is 1. The predicted molar refractivity (Wildman–Crippen MR) is 44.4 cm³/mol. The molecule has 1 amide bonds. The summed E-state index contributed by atoms with van der Waals surface area (Å²) in [6, 6.07) is -0.979.